The smallest absolute Gasteiger partial charge is 0.172 e. The fraction of sp³-hybridized carbons (Fsp3) is 0.733. The number of hydrogen-bond donors (Lipinski definition) is 1. The molecule has 110 valence electrons. The zero-order chi connectivity index (χ0) is 13.9. The van der Waals surface area contributed by atoms with Crippen molar-refractivity contribution in [3.05, 3.63) is 22.4 Å². The molecule has 0 aliphatic rings. The second-order valence-electron chi connectivity index (χ2n) is 4.51. The molecule has 1 heterocycles. The first-order valence-corrected chi connectivity index (χ1v) is 8.23. The molecule has 0 aromatic carbocycles. The molecule has 0 amide bonds. The van der Waals surface area contributed by atoms with Crippen LogP contribution in [-0.2, 0) is 15.9 Å². The van der Waals surface area contributed by atoms with Crippen molar-refractivity contribution < 1.29 is 9.47 Å². The molecule has 0 fully saturated rings. The topological polar surface area (TPSA) is 30.5 Å². The molecule has 3 nitrogen and oxygen atoms in total. The Morgan fingerprint density at radius 3 is 2.47 bits per heavy atom. The summed E-state index contributed by atoms with van der Waals surface area (Å²) in [5, 5.41) is 7.90. The van der Waals surface area contributed by atoms with Gasteiger partial charge in [0.25, 0.3) is 0 Å². The van der Waals surface area contributed by atoms with Crippen molar-refractivity contribution in [3.8, 4) is 0 Å². The molecule has 1 rings (SSSR count). The van der Waals surface area contributed by atoms with Gasteiger partial charge in [0, 0.05) is 13.2 Å². The summed E-state index contributed by atoms with van der Waals surface area (Å²) in [5.74, 6) is 0. The third kappa shape index (κ3) is 6.52. The van der Waals surface area contributed by atoms with E-state index in [2.05, 4.69) is 29.1 Å². The van der Waals surface area contributed by atoms with Gasteiger partial charge in [0.15, 0.2) is 6.29 Å². The van der Waals surface area contributed by atoms with E-state index in [-0.39, 0.29) is 12.3 Å². The molecule has 0 radical (unpaired) electrons. The Kier molecular flexibility index (Phi) is 9.08. The van der Waals surface area contributed by atoms with Crippen LogP contribution in [0.3, 0.4) is 0 Å². The number of aryl methyl sites for hydroxylation is 1. The SMILES string of the molecule is CCCNC(CCc1ccsc1)C(OCC)OCC. The fourth-order valence-electron chi connectivity index (χ4n) is 2.03. The average molecular weight is 285 g/mol. The van der Waals surface area contributed by atoms with Gasteiger partial charge in [-0.15, -0.1) is 0 Å². The molecule has 1 unspecified atom stereocenters. The minimum atomic E-state index is -0.139. The van der Waals surface area contributed by atoms with Crippen LogP contribution in [0.5, 0.6) is 0 Å². The van der Waals surface area contributed by atoms with E-state index in [4.69, 9.17) is 9.47 Å². The van der Waals surface area contributed by atoms with E-state index in [0.29, 0.717) is 13.2 Å². The highest BCUT2D eigenvalue weighted by Crippen LogP contribution is 2.13. The van der Waals surface area contributed by atoms with Crippen LogP contribution in [-0.4, -0.2) is 32.1 Å². The minimum Gasteiger partial charge on any atom is -0.351 e. The Bertz CT molecular complexity index is 297. The molecule has 0 aliphatic heterocycles. The molecule has 0 saturated carbocycles. The maximum atomic E-state index is 5.73. The highest BCUT2D eigenvalue weighted by molar-refractivity contribution is 7.07. The predicted molar refractivity (Wildman–Crippen MR) is 81.8 cm³/mol. The van der Waals surface area contributed by atoms with Gasteiger partial charge in [-0.1, -0.05) is 6.92 Å². The molecule has 0 spiro atoms. The molecule has 1 atom stereocenters. The third-order valence-electron chi connectivity index (χ3n) is 2.97. The Balaban J connectivity index is 2.51. The van der Waals surface area contributed by atoms with Gasteiger partial charge >= 0.3 is 0 Å². The van der Waals surface area contributed by atoms with Crippen LogP contribution in [0.2, 0.25) is 0 Å². The largest absolute Gasteiger partial charge is 0.351 e. The maximum Gasteiger partial charge on any atom is 0.172 e. The van der Waals surface area contributed by atoms with Crippen molar-refractivity contribution in [2.45, 2.75) is 52.4 Å². The summed E-state index contributed by atoms with van der Waals surface area (Å²) >= 11 is 1.76. The number of ether oxygens (including phenoxy) is 2. The maximum absolute atomic E-state index is 5.73. The Labute approximate surface area is 121 Å². The van der Waals surface area contributed by atoms with E-state index in [9.17, 15) is 0 Å². The lowest BCUT2D eigenvalue weighted by Gasteiger charge is -2.27. The van der Waals surface area contributed by atoms with Gasteiger partial charge in [-0.05, 0) is 62.0 Å². The molecule has 0 saturated heterocycles. The summed E-state index contributed by atoms with van der Waals surface area (Å²) < 4.78 is 11.5. The molecule has 1 aromatic heterocycles. The zero-order valence-corrected chi connectivity index (χ0v) is 13.2. The average Bonchev–Trinajstić information content (AvgIpc) is 2.92. The summed E-state index contributed by atoms with van der Waals surface area (Å²) in [4.78, 5) is 0. The first-order chi connectivity index (χ1) is 9.31. The molecular formula is C15H27NO2S. The van der Waals surface area contributed by atoms with Crippen molar-refractivity contribution in [1.29, 1.82) is 0 Å². The Hall–Kier alpha value is -0.420. The molecule has 0 aliphatic carbocycles. The van der Waals surface area contributed by atoms with Crippen LogP contribution in [0.4, 0.5) is 0 Å². The Morgan fingerprint density at radius 1 is 1.21 bits per heavy atom. The number of rotatable bonds is 11. The Morgan fingerprint density at radius 2 is 1.95 bits per heavy atom. The van der Waals surface area contributed by atoms with E-state index in [1.807, 2.05) is 13.8 Å². The van der Waals surface area contributed by atoms with Gasteiger partial charge in [0.05, 0.1) is 6.04 Å². The van der Waals surface area contributed by atoms with Gasteiger partial charge in [0.2, 0.25) is 0 Å². The number of nitrogens with one attached hydrogen (secondary N) is 1. The van der Waals surface area contributed by atoms with E-state index in [1.165, 1.54) is 5.56 Å². The van der Waals surface area contributed by atoms with E-state index < -0.39 is 0 Å². The molecule has 4 heteroatoms. The lowest BCUT2D eigenvalue weighted by atomic mass is 10.1. The summed E-state index contributed by atoms with van der Waals surface area (Å²) in [6, 6.07) is 2.46. The second kappa shape index (κ2) is 10.4. The third-order valence-corrected chi connectivity index (χ3v) is 3.70. The van der Waals surface area contributed by atoms with Crippen LogP contribution >= 0.6 is 11.3 Å². The number of hydrogen-bond acceptors (Lipinski definition) is 4. The molecule has 0 bridgehead atoms. The van der Waals surface area contributed by atoms with Crippen LogP contribution in [0.25, 0.3) is 0 Å². The van der Waals surface area contributed by atoms with Gasteiger partial charge in [-0.25, -0.2) is 0 Å². The van der Waals surface area contributed by atoms with Gasteiger partial charge in [-0.2, -0.15) is 11.3 Å². The monoisotopic (exact) mass is 285 g/mol. The molecular weight excluding hydrogens is 258 g/mol. The highest BCUT2D eigenvalue weighted by atomic mass is 32.1. The van der Waals surface area contributed by atoms with Crippen molar-refractivity contribution >= 4 is 11.3 Å². The van der Waals surface area contributed by atoms with Crippen LogP contribution in [0, 0.1) is 0 Å². The van der Waals surface area contributed by atoms with Crippen LogP contribution < -0.4 is 5.32 Å². The first kappa shape index (κ1) is 16.6. The molecule has 1 N–H and O–H groups in total. The van der Waals surface area contributed by atoms with Crippen molar-refractivity contribution in [1.82, 2.24) is 5.32 Å². The van der Waals surface area contributed by atoms with Gasteiger partial charge < -0.3 is 14.8 Å². The normalized spacial score (nSPS) is 13.1. The zero-order valence-electron chi connectivity index (χ0n) is 12.4. The number of thiophene rings is 1. The highest BCUT2D eigenvalue weighted by Gasteiger charge is 2.21. The van der Waals surface area contributed by atoms with Crippen LogP contribution in [0.15, 0.2) is 16.8 Å². The summed E-state index contributed by atoms with van der Waals surface area (Å²) in [5.41, 5.74) is 1.40. The van der Waals surface area contributed by atoms with E-state index in [1.54, 1.807) is 11.3 Å². The summed E-state index contributed by atoms with van der Waals surface area (Å²) in [6.45, 7) is 8.59. The minimum absolute atomic E-state index is 0.139. The lowest BCUT2D eigenvalue weighted by Crippen LogP contribution is -2.43. The quantitative estimate of drug-likeness (QED) is 0.632. The van der Waals surface area contributed by atoms with E-state index >= 15 is 0 Å². The fourth-order valence-corrected chi connectivity index (χ4v) is 2.73. The summed E-state index contributed by atoms with van der Waals surface area (Å²) in [7, 11) is 0. The van der Waals surface area contributed by atoms with Crippen molar-refractivity contribution in [3.63, 3.8) is 0 Å². The van der Waals surface area contributed by atoms with Gasteiger partial charge in [0.1, 0.15) is 0 Å². The first-order valence-electron chi connectivity index (χ1n) is 7.29. The summed E-state index contributed by atoms with van der Waals surface area (Å²) in [6.07, 6.45) is 3.10. The van der Waals surface area contributed by atoms with E-state index in [0.717, 1.165) is 25.8 Å². The van der Waals surface area contributed by atoms with Crippen molar-refractivity contribution in [2.75, 3.05) is 19.8 Å². The van der Waals surface area contributed by atoms with Crippen molar-refractivity contribution in [2.24, 2.45) is 0 Å². The predicted octanol–water partition coefficient (Wildman–Crippen LogP) is 3.45. The molecule has 1 aromatic rings. The second-order valence-corrected chi connectivity index (χ2v) is 5.29. The van der Waals surface area contributed by atoms with Gasteiger partial charge in [-0.3, -0.25) is 0 Å². The lowest BCUT2D eigenvalue weighted by molar-refractivity contribution is -0.154. The standard InChI is InChI=1S/C15H27NO2S/c1-4-10-16-14(15(17-5-2)18-6-3)8-7-13-9-11-19-12-13/h9,11-12,14-16H,4-8,10H2,1-3H3. The van der Waals surface area contributed by atoms with Crippen LogP contribution in [0.1, 0.15) is 39.2 Å². The molecule has 19 heavy (non-hydrogen) atoms.